The van der Waals surface area contributed by atoms with Crippen molar-refractivity contribution in [1.82, 2.24) is 0 Å². The minimum atomic E-state index is -0.509. The van der Waals surface area contributed by atoms with Crippen molar-refractivity contribution in [3.63, 3.8) is 0 Å². The first-order chi connectivity index (χ1) is 16.4. The first-order valence-electron chi connectivity index (χ1n) is 10.4. The Kier molecular flexibility index (Phi) is 5.35. The van der Waals surface area contributed by atoms with Crippen LogP contribution in [0.5, 0.6) is 23.0 Å². The van der Waals surface area contributed by atoms with E-state index >= 15 is 0 Å². The van der Waals surface area contributed by atoms with Gasteiger partial charge < -0.3 is 25.4 Å². The molecule has 5 aromatic rings. The van der Waals surface area contributed by atoms with Gasteiger partial charge in [-0.05, 0) is 78.9 Å². The van der Waals surface area contributed by atoms with Crippen molar-refractivity contribution in [1.29, 1.82) is 0 Å². The highest BCUT2D eigenvalue weighted by Gasteiger charge is 2.12. The van der Waals surface area contributed by atoms with Gasteiger partial charge in [-0.1, -0.05) is 0 Å². The molecule has 0 fully saturated rings. The SMILES string of the molecule is Nc1ccc(Oc2cc(Oc3ccc(N)cc3)cc(-c3cc(=O)c4cc(F)ccc4o3)c2)cc1. The molecule has 0 aliphatic heterocycles. The molecule has 0 saturated heterocycles. The maximum absolute atomic E-state index is 13.6. The molecule has 0 radical (unpaired) electrons. The van der Waals surface area contributed by atoms with Gasteiger partial charge in [0.2, 0.25) is 0 Å². The molecule has 0 atom stereocenters. The third-order valence-electron chi connectivity index (χ3n) is 5.09. The normalized spacial score (nSPS) is 10.9. The van der Waals surface area contributed by atoms with Crippen LogP contribution in [0.1, 0.15) is 0 Å². The molecule has 1 heterocycles. The first kappa shape index (κ1) is 21.1. The summed E-state index contributed by atoms with van der Waals surface area (Å²) in [6.45, 7) is 0. The summed E-state index contributed by atoms with van der Waals surface area (Å²) in [6.07, 6.45) is 0. The van der Waals surface area contributed by atoms with Gasteiger partial charge >= 0.3 is 0 Å². The minimum Gasteiger partial charge on any atom is -0.457 e. The van der Waals surface area contributed by atoms with Crippen LogP contribution in [-0.4, -0.2) is 0 Å². The smallest absolute Gasteiger partial charge is 0.193 e. The average Bonchev–Trinajstić information content (AvgIpc) is 2.82. The molecule has 0 aliphatic carbocycles. The maximum atomic E-state index is 13.6. The summed E-state index contributed by atoms with van der Waals surface area (Å²) in [7, 11) is 0. The van der Waals surface area contributed by atoms with Crippen LogP contribution in [0.15, 0.2) is 100 Å². The lowest BCUT2D eigenvalue weighted by Gasteiger charge is -2.12. The zero-order chi connectivity index (χ0) is 23.7. The summed E-state index contributed by atoms with van der Waals surface area (Å²) in [6, 6.07) is 24.2. The zero-order valence-corrected chi connectivity index (χ0v) is 17.8. The number of hydrogen-bond acceptors (Lipinski definition) is 6. The Labute approximate surface area is 193 Å². The van der Waals surface area contributed by atoms with E-state index in [4.69, 9.17) is 25.4 Å². The van der Waals surface area contributed by atoms with Crippen LogP contribution in [0.4, 0.5) is 15.8 Å². The Hall–Kier alpha value is -4.78. The third kappa shape index (κ3) is 4.54. The van der Waals surface area contributed by atoms with Gasteiger partial charge in [0.25, 0.3) is 0 Å². The lowest BCUT2D eigenvalue weighted by Crippen LogP contribution is -2.01. The van der Waals surface area contributed by atoms with Crippen LogP contribution in [0.2, 0.25) is 0 Å². The fourth-order valence-electron chi connectivity index (χ4n) is 3.45. The highest BCUT2D eigenvalue weighted by Crippen LogP contribution is 2.35. The molecule has 4 aromatic carbocycles. The summed E-state index contributed by atoms with van der Waals surface area (Å²) in [5.74, 6) is 1.82. The largest absolute Gasteiger partial charge is 0.457 e. The van der Waals surface area contributed by atoms with Gasteiger partial charge in [0.05, 0.1) is 5.39 Å². The van der Waals surface area contributed by atoms with E-state index in [1.165, 1.54) is 18.2 Å². The van der Waals surface area contributed by atoms with Gasteiger partial charge in [-0.3, -0.25) is 4.79 Å². The van der Waals surface area contributed by atoms with E-state index in [2.05, 4.69) is 0 Å². The Morgan fingerprint density at radius 2 is 1.21 bits per heavy atom. The molecule has 4 N–H and O–H groups in total. The Balaban J connectivity index is 1.59. The predicted octanol–water partition coefficient (Wildman–Crippen LogP) is 6.35. The lowest BCUT2D eigenvalue weighted by atomic mass is 10.1. The fourth-order valence-corrected chi connectivity index (χ4v) is 3.45. The van der Waals surface area contributed by atoms with Crippen molar-refractivity contribution < 1.29 is 18.3 Å². The molecule has 5 rings (SSSR count). The number of ether oxygens (including phenoxy) is 2. The van der Waals surface area contributed by atoms with Gasteiger partial charge in [-0.2, -0.15) is 0 Å². The molecule has 0 saturated carbocycles. The highest BCUT2D eigenvalue weighted by molar-refractivity contribution is 5.79. The molecule has 0 unspecified atom stereocenters. The number of nitrogen functional groups attached to an aromatic ring is 2. The van der Waals surface area contributed by atoms with E-state index in [-0.39, 0.29) is 22.2 Å². The van der Waals surface area contributed by atoms with Gasteiger partial charge in [-0.15, -0.1) is 0 Å². The van der Waals surface area contributed by atoms with Gasteiger partial charge in [0.15, 0.2) is 5.43 Å². The van der Waals surface area contributed by atoms with Crippen LogP contribution in [-0.2, 0) is 0 Å². The second-order valence-corrected chi connectivity index (χ2v) is 7.65. The summed E-state index contributed by atoms with van der Waals surface area (Å²) in [4.78, 5) is 12.6. The van der Waals surface area contributed by atoms with Crippen molar-refractivity contribution >= 4 is 22.3 Å². The third-order valence-corrected chi connectivity index (χ3v) is 5.09. The Morgan fingerprint density at radius 1 is 0.647 bits per heavy atom. The summed E-state index contributed by atoms with van der Waals surface area (Å²) in [5, 5.41) is 0.163. The van der Waals surface area contributed by atoms with E-state index in [9.17, 15) is 9.18 Å². The number of fused-ring (bicyclic) bond motifs is 1. The highest BCUT2D eigenvalue weighted by atomic mass is 19.1. The van der Waals surface area contributed by atoms with Crippen molar-refractivity contribution in [2.24, 2.45) is 0 Å². The lowest BCUT2D eigenvalue weighted by molar-refractivity contribution is 0.460. The molecule has 7 heteroatoms. The minimum absolute atomic E-state index is 0.163. The number of hydrogen-bond donors (Lipinski definition) is 2. The topological polar surface area (TPSA) is 101 Å². The van der Waals surface area contributed by atoms with Crippen molar-refractivity contribution in [3.05, 3.63) is 107 Å². The number of anilines is 2. The molecule has 168 valence electrons. The number of rotatable bonds is 5. The van der Waals surface area contributed by atoms with Crippen molar-refractivity contribution in [3.8, 4) is 34.3 Å². The molecule has 0 aliphatic rings. The van der Waals surface area contributed by atoms with Crippen molar-refractivity contribution in [2.45, 2.75) is 0 Å². The van der Waals surface area contributed by atoms with Gasteiger partial charge in [0, 0.05) is 29.1 Å². The monoisotopic (exact) mass is 454 g/mol. The second-order valence-electron chi connectivity index (χ2n) is 7.65. The van der Waals surface area contributed by atoms with Crippen LogP contribution in [0.3, 0.4) is 0 Å². The van der Waals surface area contributed by atoms with Crippen LogP contribution >= 0.6 is 0 Å². The molecule has 0 spiro atoms. The van der Waals surface area contributed by atoms with Crippen LogP contribution < -0.4 is 26.4 Å². The number of benzene rings is 4. The Bertz CT molecular complexity index is 1480. The van der Waals surface area contributed by atoms with Gasteiger partial charge in [-0.25, -0.2) is 4.39 Å². The molecule has 0 bridgehead atoms. The van der Waals surface area contributed by atoms with Gasteiger partial charge in [0.1, 0.15) is 40.2 Å². The molecule has 0 amide bonds. The second kappa shape index (κ2) is 8.63. The average molecular weight is 454 g/mol. The quantitative estimate of drug-likeness (QED) is 0.300. The molecular weight excluding hydrogens is 435 g/mol. The van der Waals surface area contributed by atoms with E-state index in [1.54, 1.807) is 66.7 Å². The first-order valence-corrected chi connectivity index (χ1v) is 10.4. The molecule has 6 nitrogen and oxygen atoms in total. The maximum Gasteiger partial charge on any atom is 0.193 e. The fraction of sp³-hybridized carbons (Fsp3) is 0. The van der Waals surface area contributed by atoms with Crippen LogP contribution in [0.25, 0.3) is 22.3 Å². The predicted molar refractivity (Wildman–Crippen MR) is 130 cm³/mol. The molecule has 1 aromatic heterocycles. The van der Waals surface area contributed by atoms with Crippen LogP contribution in [0, 0.1) is 5.82 Å². The number of halogens is 1. The van der Waals surface area contributed by atoms with E-state index in [0.29, 0.717) is 39.9 Å². The summed E-state index contributed by atoms with van der Waals surface area (Å²) in [5.41, 5.74) is 13.2. The zero-order valence-electron chi connectivity index (χ0n) is 17.8. The number of nitrogens with two attached hydrogens (primary N) is 2. The van der Waals surface area contributed by atoms with E-state index in [1.807, 2.05) is 0 Å². The summed E-state index contributed by atoms with van der Waals surface area (Å²) >= 11 is 0. The standard InChI is InChI=1S/C27H19FN2O4/c28-17-1-10-26-24(13-17)25(31)15-27(34-26)16-11-22(32-20-6-2-18(29)3-7-20)14-23(12-16)33-21-8-4-19(30)5-9-21/h1-15H,29-30H2. The van der Waals surface area contributed by atoms with Crippen molar-refractivity contribution in [2.75, 3.05) is 11.5 Å². The van der Waals surface area contributed by atoms with E-state index < -0.39 is 5.82 Å². The molecular formula is C27H19FN2O4. The van der Waals surface area contributed by atoms with E-state index in [0.717, 1.165) is 6.07 Å². The summed E-state index contributed by atoms with van der Waals surface area (Å²) < 4.78 is 31.5. The Morgan fingerprint density at radius 3 is 1.76 bits per heavy atom. The molecule has 34 heavy (non-hydrogen) atoms.